The zero-order chi connectivity index (χ0) is 22.5. The molecule has 0 radical (unpaired) electrons. The van der Waals surface area contributed by atoms with Gasteiger partial charge in [0.2, 0.25) is 0 Å². The molecule has 0 aromatic heterocycles. The average molecular weight is 467 g/mol. The molecular formula is C23H18Cl2F2O4. The summed E-state index contributed by atoms with van der Waals surface area (Å²) in [6, 6.07) is 11.2. The van der Waals surface area contributed by atoms with Crippen LogP contribution in [-0.4, -0.2) is 30.9 Å². The summed E-state index contributed by atoms with van der Waals surface area (Å²) in [5, 5.41) is 9.06. The van der Waals surface area contributed by atoms with Crippen molar-refractivity contribution in [3.8, 4) is 28.0 Å². The third-order valence-electron chi connectivity index (χ3n) is 4.40. The van der Waals surface area contributed by atoms with Crippen LogP contribution in [0.2, 0.25) is 10.0 Å². The Hall–Kier alpha value is -2.67. The average Bonchev–Trinajstić information content (AvgIpc) is 2.75. The first-order valence-corrected chi connectivity index (χ1v) is 10.1. The number of esters is 1. The Morgan fingerprint density at radius 2 is 1.45 bits per heavy atom. The van der Waals surface area contributed by atoms with E-state index in [1.54, 1.807) is 6.92 Å². The number of hydrogen-bond donors (Lipinski definition) is 1. The van der Waals surface area contributed by atoms with Gasteiger partial charge in [-0.3, -0.25) is 0 Å². The van der Waals surface area contributed by atoms with E-state index in [-0.39, 0.29) is 41.2 Å². The third kappa shape index (κ3) is 5.15. The second-order valence-corrected chi connectivity index (χ2v) is 7.27. The fraction of sp³-hybridized carbons (Fsp3) is 0.174. The lowest BCUT2D eigenvalue weighted by Gasteiger charge is -2.18. The molecule has 1 N–H and O–H groups in total. The maximum Gasteiger partial charge on any atom is 0.338 e. The van der Waals surface area contributed by atoms with Gasteiger partial charge in [-0.05, 0) is 54.4 Å². The topological polar surface area (TPSA) is 55.8 Å². The van der Waals surface area contributed by atoms with E-state index in [0.29, 0.717) is 22.3 Å². The van der Waals surface area contributed by atoms with Crippen LogP contribution in [0.15, 0.2) is 48.5 Å². The molecule has 3 rings (SSSR count). The zero-order valence-corrected chi connectivity index (χ0v) is 17.9. The Kier molecular flexibility index (Phi) is 7.49. The predicted octanol–water partition coefficient (Wildman–Crippen LogP) is 6.15. The number of aliphatic hydroxyl groups is 1. The number of benzene rings is 3. The molecule has 0 saturated carbocycles. The van der Waals surface area contributed by atoms with Crippen LogP contribution in [0.1, 0.15) is 17.3 Å². The Bertz CT molecular complexity index is 1050. The SMILES string of the molecule is CCOC(=O)c1cc(-c2ccc(F)c(Cl)c2)c(OCCO)c(-c2ccc(F)c(Cl)c2)c1. The van der Waals surface area contributed by atoms with Gasteiger partial charge >= 0.3 is 5.97 Å². The maximum absolute atomic E-state index is 13.7. The second-order valence-electron chi connectivity index (χ2n) is 6.45. The molecule has 0 atom stereocenters. The lowest BCUT2D eigenvalue weighted by molar-refractivity contribution is 0.0526. The molecule has 0 bridgehead atoms. The normalized spacial score (nSPS) is 10.8. The molecule has 0 spiro atoms. The Labute approximate surface area is 187 Å². The van der Waals surface area contributed by atoms with Crippen LogP contribution < -0.4 is 4.74 Å². The number of ether oxygens (including phenoxy) is 2. The largest absolute Gasteiger partial charge is 0.490 e. The van der Waals surface area contributed by atoms with Crippen LogP contribution in [0.4, 0.5) is 8.78 Å². The van der Waals surface area contributed by atoms with Gasteiger partial charge in [-0.2, -0.15) is 0 Å². The standard InChI is InChI=1S/C23H18Cl2F2O4/c1-2-30-23(29)15-9-16(13-3-5-20(26)18(24)11-13)22(31-8-7-28)17(10-15)14-4-6-21(27)19(25)12-14/h3-6,9-12,28H,2,7-8H2,1H3. The van der Waals surface area contributed by atoms with Crippen molar-refractivity contribution in [3.05, 3.63) is 75.8 Å². The summed E-state index contributed by atoms with van der Waals surface area (Å²) >= 11 is 11.9. The minimum Gasteiger partial charge on any atom is -0.490 e. The summed E-state index contributed by atoms with van der Waals surface area (Å²) in [6.07, 6.45) is 0. The molecule has 0 aliphatic rings. The molecule has 31 heavy (non-hydrogen) atoms. The number of halogens is 4. The fourth-order valence-electron chi connectivity index (χ4n) is 3.02. The molecule has 0 saturated heterocycles. The van der Waals surface area contributed by atoms with Crippen LogP contribution in [0, 0.1) is 11.6 Å². The minimum atomic E-state index is -0.602. The zero-order valence-electron chi connectivity index (χ0n) is 16.4. The van der Waals surface area contributed by atoms with Crippen molar-refractivity contribution in [1.29, 1.82) is 0 Å². The fourth-order valence-corrected chi connectivity index (χ4v) is 3.38. The van der Waals surface area contributed by atoms with Crippen molar-refractivity contribution in [2.45, 2.75) is 6.92 Å². The van der Waals surface area contributed by atoms with Crippen LogP contribution in [-0.2, 0) is 4.74 Å². The first-order chi connectivity index (χ1) is 14.8. The number of aliphatic hydroxyl groups excluding tert-OH is 1. The van der Waals surface area contributed by atoms with Crippen LogP contribution in [0.5, 0.6) is 5.75 Å². The minimum absolute atomic E-state index is 0.0530. The molecule has 3 aromatic rings. The molecule has 4 nitrogen and oxygen atoms in total. The van der Waals surface area contributed by atoms with E-state index >= 15 is 0 Å². The molecule has 8 heteroatoms. The highest BCUT2D eigenvalue weighted by Crippen LogP contribution is 2.42. The van der Waals surface area contributed by atoms with Crippen molar-refractivity contribution in [2.75, 3.05) is 19.8 Å². The predicted molar refractivity (Wildman–Crippen MR) is 116 cm³/mol. The molecule has 0 amide bonds. The van der Waals surface area contributed by atoms with E-state index < -0.39 is 17.6 Å². The third-order valence-corrected chi connectivity index (χ3v) is 4.98. The number of carbonyl (C=O) groups is 1. The van der Waals surface area contributed by atoms with E-state index in [2.05, 4.69) is 0 Å². The van der Waals surface area contributed by atoms with E-state index in [1.807, 2.05) is 0 Å². The van der Waals surface area contributed by atoms with E-state index in [9.17, 15) is 18.7 Å². The Balaban J connectivity index is 2.32. The van der Waals surface area contributed by atoms with Gasteiger partial charge in [-0.25, -0.2) is 13.6 Å². The van der Waals surface area contributed by atoms with Gasteiger partial charge in [0.05, 0.1) is 28.8 Å². The van der Waals surface area contributed by atoms with E-state index in [1.165, 1.54) is 48.5 Å². The molecule has 0 aliphatic carbocycles. The van der Waals surface area contributed by atoms with Gasteiger partial charge in [0.15, 0.2) is 0 Å². The molecule has 0 heterocycles. The highest BCUT2D eigenvalue weighted by Gasteiger charge is 2.20. The summed E-state index contributed by atoms with van der Waals surface area (Å²) in [4.78, 5) is 12.5. The van der Waals surface area contributed by atoms with Crippen molar-refractivity contribution in [2.24, 2.45) is 0 Å². The van der Waals surface area contributed by atoms with Crippen LogP contribution in [0.25, 0.3) is 22.3 Å². The van der Waals surface area contributed by atoms with Crippen LogP contribution in [0.3, 0.4) is 0 Å². The maximum atomic E-state index is 13.7. The van der Waals surface area contributed by atoms with Crippen molar-refractivity contribution in [1.82, 2.24) is 0 Å². The molecular weight excluding hydrogens is 449 g/mol. The lowest BCUT2D eigenvalue weighted by Crippen LogP contribution is -2.08. The number of carbonyl (C=O) groups excluding carboxylic acids is 1. The van der Waals surface area contributed by atoms with Crippen LogP contribution >= 0.6 is 23.2 Å². The first-order valence-electron chi connectivity index (χ1n) is 9.35. The van der Waals surface area contributed by atoms with Gasteiger partial charge in [-0.1, -0.05) is 35.3 Å². The van der Waals surface area contributed by atoms with E-state index in [0.717, 1.165) is 0 Å². The number of rotatable bonds is 7. The summed E-state index contributed by atoms with van der Waals surface area (Å²) < 4.78 is 38.4. The summed E-state index contributed by atoms with van der Waals surface area (Å²) in [5.74, 6) is -1.50. The highest BCUT2D eigenvalue weighted by molar-refractivity contribution is 6.31. The van der Waals surface area contributed by atoms with Gasteiger partial charge in [0.25, 0.3) is 0 Å². The Morgan fingerprint density at radius 1 is 0.935 bits per heavy atom. The smallest absolute Gasteiger partial charge is 0.338 e. The Morgan fingerprint density at radius 3 is 1.87 bits per heavy atom. The molecule has 3 aromatic carbocycles. The van der Waals surface area contributed by atoms with E-state index in [4.69, 9.17) is 32.7 Å². The highest BCUT2D eigenvalue weighted by atomic mass is 35.5. The monoisotopic (exact) mass is 466 g/mol. The first kappa shape index (κ1) is 23.0. The van der Waals surface area contributed by atoms with Gasteiger partial charge in [-0.15, -0.1) is 0 Å². The lowest BCUT2D eigenvalue weighted by atomic mass is 9.94. The van der Waals surface area contributed by atoms with Crippen molar-refractivity contribution < 1.29 is 28.2 Å². The van der Waals surface area contributed by atoms with Crippen molar-refractivity contribution in [3.63, 3.8) is 0 Å². The van der Waals surface area contributed by atoms with Gasteiger partial charge in [0.1, 0.15) is 24.0 Å². The molecule has 162 valence electrons. The summed E-state index contributed by atoms with van der Waals surface area (Å²) in [5.41, 5.74) is 1.97. The molecule has 0 fully saturated rings. The second kappa shape index (κ2) is 10.1. The number of hydrogen-bond acceptors (Lipinski definition) is 4. The van der Waals surface area contributed by atoms with Gasteiger partial charge in [0, 0.05) is 11.1 Å². The van der Waals surface area contributed by atoms with Gasteiger partial charge < -0.3 is 14.6 Å². The molecule has 0 unspecified atom stereocenters. The quantitative estimate of drug-likeness (QED) is 0.424. The summed E-state index contributed by atoms with van der Waals surface area (Å²) in [7, 11) is 0. The summed E-state index contributed by atoms with van der Waals surface area (Å²) in [6.45, 7) is 1.52. The van der Waals surface area contributed by atoms with Crippen molar-refractivity contribution >= 4 is 29.2 Å². The molecule has 0 aliphatic heterocycles.